The van der Waals surface area contributed by atoms with Gasteiger partial charge in [-0.2, -0.15) is 0 Å². The van der Waals surface area contributed by atoms with Crippen molar-refractivity contribution in [1.29, 1.82) is 0 Å². The zero-order valence-corrected chi connectivity index (χ0v) is 34.4. The fourth-order valence-corrected chi connectivity index (χ4v) is 11.2. The molecule has 0 aliphatic heterocycles. The largest absolute Gasteiger partial charge is 0.310 e. The number of nitrogens with zero attached hydrogens (tertiary/aromatic N) is 1. The predicted octanol–water partition coefficient (Wildman–Crippen LogP) is 16.9. The number of thiophene rings is 1. The van der Waals surface area contributed by atoms with E-state index in [1.54, 1.807) is 0 Å². The highest BCUT2D eigenvalue weighted by molar-refractivity contribution is 7.25. The van der Waals surface area contributed by atoms with Crippen LogP contribution in [0.2, 0.25) is 0 Å². The quantitative estimate of drug-likeness (QED) is 0.156. The van der Waals surface area contributed by atoms with Gasteiger partial charge in [0.2, 0.25) is 0 Å². The van der Waals surface area contributed by atoms with Crippen molar-refractivity contribution < 1.29 is 0 Å². The molecule has 1 fully saturated rings. The molecule has 0 spiro atoms. The zero-order chi connectivity index (χ0) is 39.3. The van der Waals surface area contributed by atoms with E-state index in [2.05, 4.69) is 194 Å². The summed E-state index contributed by atoms with van der Waals surface area (Å²) in [5.74, 6) is 1.03. The summed E-state index contributed by atoms with van der Waals surface area (Å²) in [6.07, 6.45) is 12.6. The predicted molar refractivity (Wildman–Crippen MR) is 256 cm³/mol. The lowest BCUT2D eigenvalue weighted by Gasteiger charge is -2.34. The van der Waals surface area contributed by atoms with E-state index in [9.17, 15) is 0 Å². The van der Waals surface area contributed by atoms with E-state index in [1.807, 2.05) is 11.3 Å². The number of fused-ring (bicyclic) bond motifs is 5. The number of anilines is 2. The van der Waals surface area contributed by atoms with Gasteiger partial charge in [-0.3, -0.25) is 0 Å². The van der Waals surface area contributed by atoms with E-state index in [4.69, 9.17) is 0 Å². The van der Waals surface area contributed by atoms with Gasteiger partial charge in [0.15, 0.2) is 0 Å². The number of hydrogen-bond acceptors (Lipinski definition) is 2. The first kappa shape index (κ1) is 35.9. The van der Waals surface area contributed by atoms with Gasteiger partial charge < -0.3 is 4.90 Å². The number of allylic oxidation sites excluding steroid dienone is 3. The summed E-state index contributed by atoms with van der Waals surface area (Å²) in [6, 6.07) is 63.7. The normalized spacial score (nSPS) is 16.1. The van der Waals surface area contributed by atoms with Crippen molar-refractivity contribution in [3.05, 3.63) is 199 Å². The minimum Gasteiger partial charge on any atom is -0.310 e. The van der Waals surface area contributed by atoms with Crippen molar-refractivity contribution in [3.8, 4) is 22.3 Å². The lowest BCUT2D eigenvalue weighted by Crippen LogP contribution is -2.20. The zero-order valence-electron chi connectivity index (χ0n) is 33.6. The van der Waals surface area contributed by atoms with Gasteiger partial charge in [0, 0.05) is 42.8 Å². The average Bonchev–Trinajstić information content (AvgIpc) is 3.69. The summed E-state index contributed by atoms with van der Waals surface area (Å²) < 4.78 is 2.66. The molecular weight excluding hydrogens is 731 g/mol. The van der Waals surface area contributed by atoms with Crippen LogP contribution in [0.3, 0.4) is 0 Å². The molecule has 59 heavy (non-hydrogen) atoms. The first-order chi connectivity index (χ1) is 29.2. The van der Waals surface area contributed by atoms with Crippen molar-refractivity contribution in [3.63, 3.8) is 0 Å². The van der Waals surface area contributed by atoms with Gasteiger partial charge in [0.1, 0.15) is 0 Å². The molecule has 11 rings (SSSR count). The molecule has 8 aromatic carbocycles. The van der Waals surface area contributed by atoms with E-state index >= 15 is 0 Å². The van der Waals surface area contributed by atoms with Gasteiger partial charge >= 0.3 is 0 Å². The van der Waals surface area contributed by atoms with Gasteiger partial charge in [0.25, 0.3) is 0 Å². The van der Waals surface area contributed by atoms with Crippen LogP contribution >= 0.6 is 11.3 Å². The standard InChI is InChI=1S/C57H47NS/c1-38-27-34-53(52(35-38)50-24-11-18-42-17-10-22-48(56(42)50)41-14-3-2-4-15-41)58(46-32-30-40(31-33-46)44-29-28-39-13-5-6-16-43(39)36-44)47-20-9-19-45(37-47)49-23-12-26-55-57(49)51-21-7-8-25-54(51)59-55/h5-13,16-26,28-38,41H,2-4,14-15,27H2,1H3. The Morgan fingerprint density at radius 3 is 2.10 bits per heavy atom. The highest BCUT2D eigenvalue weighted by Crippen LogP contribution is 2.47. The van der Waals surface area contributed by atoms with Gasteiger partial charge in [-0.1, -0.05) is 166 Å². The molecule has 1 nitrogen and oxygen atoms in total. The molecule has 0 bridgehead atoms. The summed E-state index contributed by atoms with van der Waals surface area (Å²) >= 11 is 1.88. The first-order valence-electron chi connectivity index (χ1n) is 21.5. The Morgan fingerprint density at radius 2 is 1.22 bits per heavy atom. The van der Waals surface area contributed by atoms with Crippen LogP contribution in [0.15, 0.2) is 188 Å². The molecule has 1 unspecified atom stereocenters. The molecule has 2 aliphatic rings. The van der Waals surface area contributed by atoms with Crippen LogP contribution in [0.1, 0.15) is 62.5 Å². The molecule has 0 amide bonds. The second-order valence-corrected chi connectivity index (χ2v) is 17.8. The number of hydrogen-bond donors (Lipinski definition) is 0. The number of rotatable bonds is 7. The smallest absolute Gasteiger partial charge is 0.0497 e. The van der Waals surface area contributed by atoms with Gasteiger partial charge in [-0.15, -0.1) is 11.3 Å². The third-order valence-corrected chi connectivity index (χ3v) is 14.1. The molecule has 2 heteroatoms. The molecule has 0 saturated heterocycles. The minimum absolute atomic E-state index is 0.429. The third kappa shape index (κ3) is 6.57. The second-order valence-electron chi connectivity index (χ2n) is 16.7. The summed E-state index contributed by atoms with van der Waals surface area (Å²) in [7, 11) is 0. The van der Waals surface area contributed by atoms with E-state index in [0.29, 0.717) is 11.8 Å². The van der Waals surface area contributed by atoms with Crippen LogP contribution in [-0.4, -0.2) is 0 Å². The van der Waals surface area contributed by atoms with Crippen LogP contribution < -0.4 is 4.90 Å². The Labute approximate surface area is 351 Å². The maximum atomic E-state index is 2.56. The lowest BCUT2D eigenvalue weighted by molar-refractivity contribution is 0.445. The van der Waals surface area contributed by atoms with Crippen molar-refractivity contribution in [2.45, 2.75) is 51.4 Å². The summed E-state index contributed by atoms with van der Waals surface area (Å²) in [6.45, 7) is 2.37. The Bertz CT molecular complexity index is 3080. The SMILES string of the molecule is CC1C=C(c2cccc3cccc(C4CCCCC4)c23)C(N(c2ccc(-c3ccc4ccccc4c3)cc2)c2cccc(-c3cccc4sc5ccccc5c34)c2)=CC1. The monoisotopic (exact) mass is 777 g/mol. The minimum atomic E-state index is 0.429. The fraction of sp³-hybridized carbons (Fsp3) is 0.158. The first-order valence-corrected chi connectivity index (χ1v) is 22.3. The lowest BCUT2D eigenvalue weighted by atomic mass is 9.79. The molecule has 2 aliphatic carbocycles. The van der Waals surface area contributed by atoms with Crippen LogP contribution in [0.4, 0.5) is 11.4 Å². The topological polar surface area (TPSA) is 3.24 Å². The second kappa shape index (κ2) is 15.2. The van der Waals surface area contributed by atoms with E-state index in [1.165, 1.54) is 118 Å². The van der Waals surface area contributed by atoms with Crippen LogP contribution in [0.25, 0.3) is 69.5 Å². The highest BCUT2D eigenvalue weighted by Gasteiger charge is 2.27. The third-order valence-electron chi connectivity index (χ3n) is 12.9. The molecule has 1 atom stereocenters. The Hall–Kier alpha value is -6.22. The molecule has 0 N–H and O–H groups in total. The van der Waals surface area contributed by atoms with Crippen molar-refractivity contribution in [2.75, 3.05) is 4.90 Å². The maximum absolute atomic E-state index is 2.56. The molecule has 1 aromatic heterocycles. The van der Waals surface area contributed by atoms with Crippen LogP contribution in [0.5, 0.6) is 0 Å². The Kier molecular flexibility index (Phi) is 9.24. The molecule has 0 radical (unpaired) electrons. The molecule has 1 saturated carbocycles. The van der Waals surface area contributed by atoms with Gasteiger partial charge in [0.05, 0.1) is 0 Å². The molecule has 286 valence electrons. The summed E-state index contributed by atoms with van der Waals surface area (Å²) in [4.78, 5) is 2.54. The van der Waals surface area contributed by atoms with E-state index < -0.39 is 0 Å². The Balaban J connectivity index is 1.09. The summed E-state index contributed by atoms with van der Waals surface area (Å²) in [5, 5.41) is 7.98. The van der Waals surface area contributed by atoms with Crippen molar-refractivity contribution in [1.82, 2.24) is 0 Å². The molecule has 9 aromatic rings. The summed E-state index contributed by atoms with van der Waals surface area (Å²) in [5.41, 5.74) is 12.7. The van der Waals surface area contributed by atoms with Crippen molar-refractivity contribution >= 4 is 70.0 Å². The number of benzene rings is 8. The van der Waals surface area contributed by atoms with Crippen LogP contribution in [0, 0.1) is 5.92 Å². The van der Waals surface area contributed by atoms with Gasteiger partial charge in [-0.05, 0) is 128 Å². The maximum Gasteiger partial charge on any atom is 0.0497 e. The fourth-order valence-electron chi connectivity index (χ4n) is 10.1. The van der Waals surface area contributed by atoms with Gasteiger partial charge in [-0.25, -0.2) is 0 Å². The van der Waals surface area contributed by atoms with Crippen LogP contribution in [-0.2, 0) is 0 Å². The average molecular weight is 778 g/mol. The molecule has 1 heterocycles. The Morgan fingerprint density at radius 1 is 0.508 bits per heavy atom. The van der Waals surface area contributed by atoms with E-state index in [-0.39, 0.29) is 0 Å². The molecular formula is C57H47NS. The van der Waals surface area contributed by atoms with Crippen molar-refractivity contribution in [2.24, 2.45) is 5.92 Å². The van der Waals surface area contributed by atoms with E-state index in [0.717, 1.165) is 17.8 Å². The highest BCUT2D eigenvalue weighted by atomic mass is 32.1.